The fourth-order valence-corrected chi connectivity index (χ4v) is 1.07. The number of halogens is 1. The summed E-state index contributed by atoms with van der Waals surface area (Å²) in [6.45, 7) is 2.03. The van der Waals surface area contributed by atoms with Gasteiger partial charge in [0, 0.05) is 6.42 Å². The Bertz CT molecular complexity index is 315. The van der Waals surface area contributed by atoms with Crippen molar-refractivity contribution in [3.05, 3.63) is 24.3 Å². The number of hydrogen-bond donors (Lipinski definition) is 1. The molecule has 0 saturated heterocycles. The van der Waals surface area contributed by atoms with Crippen molar-refractivity contribution in [1.82, 2.24) is 0 Å². The van der Waals surface area contributed by atoms with Crippen LogP contribution in [0.25, 0.3) is 0 Å². The average molecular weight is 230 g/mol. The summed E-state index contributed by atoms with van der Waals surface area (Å²) in [5, 5.41) is 0. The van der Waals surface area contributed by atoms with E-state index in [1.54, 1.807) is 24.3 Å². The van der Waals surface area contributed by atoms with Crippen LogP contribution in [0.1, 0.15) is 26.2 Å². The van der Waals surface area contributed by atoms with E-state index in [-0.39, 0.29) is 18.4 Å². The molecule has 0 heterocycles. The minimum atomic E-state index is -0.218. The number of benzene rings is 1. The molecule has 3 nitrogen and oxygen atoms in total. The zero-order chi connectivity index (χ0) is 10.4. The molecule has 1 rings (SSSR count). The zero-order valence-electron chi connectivity index (χ0n) is 8.73. The van der Waals surface area contributed by atoms with Crippen molar-refractivity contribution in [2.75, 3.05) is 5.73 Å². The van der Waals surface area contributed by atoms with E-state index in [0.29, 0.717) is 17.9 Å². The monoisotopic (exact) mass is 229 g/mol. The Kier molecular flexibility index (Phi) is 6.54. The van der Waals surface area contributed by atoms with E-state index in [1.165, 1.54) is 0 Å². The summed E-state index contributed by atoms with van der Waals surface area (Å²) in [5.41, 5.74) is 6.12. The number of rotatable bonds is 4. The Hall–Kier alpha value is -1.22. The number of nitrogen functional groups attached to an aromatic ring is 1. The first-order chi connectivity index (χ1) is 6.74. The summed E-state index contributed by atoms with van der Waals surface area (Å²) in [5.74, 6) is 0.235. The largest absolute Gasteiger partial charge is 0.424 e. The minimum absolute atomic E-state index is 0. The molecule has 84 valence electrons. The standard InChI is InChI=1S/C11H15NO2.ClH/c1-2-3-8-11(13)14-10-7-5-4-6-9(10)12;/h4-7H,2-3,8,12H2,1H3;1H. The number of hydrogen-bond acceptors (Lipinski definition) is 3. The summed E-state index contributed by atoms with van der Waals surface area (Å²) in [6, 6.07) is 7.00. The van der Waals surface area contributed by atoms with Gasteiger partial charge in [-0.3, -0.25) is 4.79 Å². The van der Waals surface area contributed by atoms with Gasteiger partial charge in [0.2, 0.25) is 0 Å². The van der Waals surface area contributed by atoms with Crippen LogP contribution in [0.3, 0.4) is 0 Å². The molecule has 0 aliphatic rings. The molecule has 0 radical (unpaired) electrons. The van der Waals surface area contributed by atoms with E-state index in [1.807, 2.05) is 6.92 Å². The number of carbonyl (C=O) groups is 1. The Balaban J connectivity index is 0.00000196. The summed E-state index contributed by atoms with van der Waals surface area (Å²) in [4.78, 5) is 11.2. The van der Waals surface area contributed by atoms with Crippen LogP contribution in [0.4, 0.5) is 5.69 Å². The molecule has 0 bridgehead atoms. The fourth-order valence-electron chi connectivity index (χ4n) is 1.07. The lowest BCUT2D eigenvalue weighted by atomic mass is 10.2. The van der Waals surface area contributed by atoms with Gasteiger partial charge in [-0.1, -0.05) is 25.5 Å². The van der Waals surface area contributed by atoms with Crippen LogP contribution in [-0.4, -0.2) is 5.97 Å². The van der Waals surface area contributed by atoms with Gasteiger partial charge in [0.15, 0.2) is 5.75 Å². The lowest BCUT2D eigenvalue weighted by Crippen LogP contribution is -2.08. The molecule has 0 spiro atoms. The van der Waals surface area contributed by atoms with Crippen LogP contribution >= 0.6 is 12.4 Å². The smallest absolute Gasteiger partial charge is 0.311 e. The summed E-state index contributed by atoms with van der Waals surface area (Å²) in [6.07, 6.45) is 2.29. The van der Waals surface area contributed by atoms with Crippen molar-refractivity contribution < 1.29 is 9.53 Å². The number of carbonyl (C=O) groups excluding carboxylic acids is 1. The van der Waals surface area contributed by atoms with Crippen LogP contribution < -0.4 is 10.5 Å². The Labute approximate surface area is 96.0 Å². The average Bonchev–Trinajstić information content (AvgIpc) is 2.18. The van der Waals surface area contributed by atoms with Gasteiger partial charge >= 0.3 is 5.97 Å². The van der Waals surface area contributed by atoms with E-state index >= 15 is 0 Å². The van der Waals surface area contributed by atoms with Gasteiger partial charge in [-0.05, 0) is 18.6 Å². The highest BCUT2D eigenvalue weighted by Gasteiger charge is 2.05. The van der Waals surface area contributed by atoms with Crippen molar-refractivity contribution in [2.45, 2.75) is 26.2 Å². The molecule has 1 aromatic rings. The second-order valence-corrected chi connectivity index (χ2v) is 3.12. The molecule has 0 aromatic heterocycles. The number of ether oxygens (including phenoxy) is 1. The first kappa shape index (κ1) is 13.8. The van der Waals surface area contributed by atoms with Crippen molar-refractivity contribution in [1.29, 1.82) is 0 Å². The Morgan fingerprint density at radius 3 is 2.67 bits per heavy atom. The third-order valence-corrected chi connectivity index (χ3v) is 1.88. The molecule has 4 heteroatoms. The normalized spacial score (nSPS) is 9.13. The van der Waals surface area contributed by atoms with Gasteiger partial charge in [-0.2, -0.15) is 0 Å². The van der Waals surface area contributed by atoms with Gasteiger partial charge in [0.25, 0.3) is 0 Å². The summed E-state index contributed by atoms with van der Waals surface area (Å²) < 4.78 is 5.08. The molecule has 0 fully saturated rings. The summed E-state index contributed by atoms with van der Waals surface area (Å²) >= 11 is 0. The van der Waals surface area contributed by atoms with E-state index in [2.05, 4.69) is 0 Å². The van der Waals surface area contributed by atoms with Crippen molar-refractivity contribution in [3.63, 3.8) is 0 Å². The predicted molar refractivity (Wildman–Crippen MR) is 63.3 cm³/mol. The minimum Gasteiger partial charge on any atom is -0.424 e. The maximum atomic E-state index is 11.2. The van der Waals surface area contributed by atoms with E-state index in [0.717, 1.165) is 12.8 Å². The number of para-hydroxylation sites is 2. The Morgan fingerprint density at radius 1 is 1.40 bits per heavy atom. The van der Waals surface area contributed by atoms with E-state index in [4.69, 9.17) is 10.5 Å². The second kappa shape index (κ2) is 7.12. The highest BCUT2D eigenvalue weighted by Crippen LogP contribution is 2.20. The van der Waals surface area contributed by atoms with Crippen LogP contribution in [0.2, 0.25) is 0 Å². The number of unbranched alkanes of at least 4 members (excludes halogenated alkanes) is 1. The van der Waals surface area contributed by atoms with Crippen LogP contribution in [0.5, 0.6) is 5.75 Å². The first-order valence-corrected chi connectivity index (χ1v) is 4.79. The van der Waals surface area contributed by atoms with Crippen LogP contribution in [-0.2, 0) is 4.79 Å². The molecule has 0 aliphatic heterocycles. The van der Waals surface area contributed by atoms with Crippen LogP contribution in [0.15, 0.2) is 24.3 Å². The predicted octanol–water partition coefficient (Wildman–Crippen LogP) is 2.79. The number of anilines is 1. The van der Waals surface area contributed by atoms with E-state index < -0.39 is 0 Å². The fraction of sp³-hybridized carbons (Fsp3) is 0.364. The second-order valence-electron chi connectivity index (χ2n) is 3.12. The highest BCUT2D eigenvalue weighted by atomic mass is 35.5. The van der Waals surface area contributed by atoms with Crippen molar-refractivity contribution in [3.8, 4) is 5.75 Å². The maximum Gasteiger partial charge on any atom is 0.311 e. The number of esters is 1. The van der Waals surface area contributed by atoms with Crippen LogP contribution in [0, 0.1) is 0 Å². The summed E-state index contributed by atoms with van der Waals surface area (Å²) in [7, 11) is 0. The third-order valence-electron chi connectivity index (χ3n) is 1.88. The quantitative estimate of drug-likeness (QED) is 0.491. The Morgan fingerprint density at radius 2 is 2.07 bits per heavy atom. The van der Waals surface area contributed by atoms with Crippen molar-refractivity contribution in [2.24, 2.45) is 0 Å². The van der Waals surface area contributed by atoms with Crippen molar-refractivity contribution >= 4 is 24.1 Å². The van der Waals surface area contributed by atoms with Gasteiger partial charge in [-0.25, -0.2) is 0 Å². The molecular weight excluding hydrogens is 214 g/mol. The lowest BCUT2D eigenvalue weighted by Gasteiger charge is -2.05. The zero-order valence-corrected chi connectivity index (χ0v) is 9.55. The van der Waals surface area contributed by atoms with Gasteiger partial charge < -0.3 is 10.5 Å². The third kappa shape index (κ3) is 4.70. The molecule has 0 amide bonds. The van der Waals surface area contributed by atoms with E-state index in [9.17, 15) is 4.79 Å². The lowest BCUT2D eigenvalue weighted by molar-refractivity contribution is -0.134. The molecular formula is C11H16ClNO2. The molecule has 0 unspecified atom stereocenters. The molecule has 2 N–H and O–H groups in total. The highest BCUT2D eigenvalue weighted by molar-refractivity contribution is 5.85. The van der Waals surface area contributed by atoms with Gasteiger partial charge in [0.1, 0.15) is 0 Å². The SMILES string of the molecule is CCCCC(=O)Oc1ccccc1N.Cl. The molecule has 0 atom stereocenters. The van der Waals surface area contributed by atoms with Gasteiger partial charge in [-0.15, -0.1) is 12.4 Å². The first-order valence-electron chi connectivity index (χ1n) is 4.79. The maximum absolute atomic E-state index is 11.2. The molecule has 1 aromatic carbocycles. The molecule has 0 aliphatic carbocycles. The molecule has 15 heavy (non-hydrogen) atoms. The van der Waals surface area contributed by atoms with Gasteiger partial charge in [0.05, 0.1) is 5.69 Å². The number of nitrogens with two attached hydrogens (primary N) is 1. The topological polar surface area (TPSA) is 52.3 Å². The molecule has 0 saturated carbocycles.